The van der Waals surface area contributed by atoms with E-state index in [0.717, 1.165) is 5.69 Å². The lowest BCUT2D eigenvalue weighted by Crippen LogP contribution is -2.47. The van der Waals surface area contributed by atoms with Gasteiger partial charge in [-0.25, -0.2) is 0 Å². The first kappa shape index (κ1) is 14.6. The van der Waals surface area contributed by atoms with Gasteiger partial charge in [-0.15, -0.1) is 11.3 Å². The maximum Gasteiger partial charge on any atom is 0.249 e. The smallest absolute Gasteiger partial charge is 0.249 e. The van der Waals surface area contributed by atoms with Crippen molar-refractivity contribution in [2.24, 2.45) is 0 Å². The van der Waals surface area contributed by atoms with Crippen molar-refractivity contribution in [2.45, 2.75) is 13.0 Å². The van der Waals surface area contributed by atoms with Crippen LogP contribution in [0.25, 0.3) is 0 Å². The molecule has 0 spiro atoms. The van der Waals surface area contributed by atoms with Crippen molar-refractivity contribution in [1.29, 1.82) is 0 Å². The van der Waals surface area contributed by atoms with E-state index in [0.29, 0.717) is 16.3 Å². The topological polar surface area (TPSA) is 58.6 Å². The summed E-state index contributed by atoms with van der Waals surface area (Å²) < 4.78 is 5.21. The zero-order valence-electron chi connectivity index (χ0n) is 12.3. The Hall–Kier alpha value is -2.34. The van der Waals surface area contributed by atoms with Crippen LogP contribution in [0.5, 0.6) is 5.75 Å². The first-order valence-corrected chi connectivity index (χ1v) is 7.81. The van der Waals surface area contributed by atoms with Gasteiger partial charge in [0.05, 0.1) is 29.9 Å². The maximum atomic E-state index is 12.4. The van der Waals surface area contributed by atoms with Gasteiger partial charge >= 0.3 is 0 Å². The Morgan fingerprint density at radius 2 is 2.23 bits per heavy atom. The predicted octanol–water partition coefficient (Wildman–Crippen LogP) is 2.79. The van der Waals surface area contributed by atoms with Gasteiger partial charge in [0.1, 0.15) is 11.8 Å². The molecule has 6 heteroatoms. The number of benzene rings is 1. The highest BCUT2D eigenvalue weighted by molar-refractivity contribution is 7.12. The Balaban J connectivity index is 1.93. The third-order valence-electron chi connectivity index (χ3n) is 3.60. The molecule has 22 heavy (non-hydrogen) atoms. The molecule has 114 valence electrons. The van der Waals surface area contributed by atoms with E-state index in [2.05, 4.69) is 5.32 Å². The van der Waals surface area contributed by atoms with Gasteiger partial charge in [0.25, 0.3) is 0 Å². The lowest BCUT2D eigenvalue weighted by atomic mass is 10.1. The van der Waals surface area contributed by atoms with E-state index in [9.17, 15) is 9.59 Å². The fourth-order valence-corrected chi connectivity index (χ4v) is 3.12. The van der Waals surface area contributed by atoms with Gasteiger partial charge in [0.15, 0.2) is 5.78 Å². The molecule has 1 N–H and O–H groups in total. The quantitative estimate of drug-likeness (QED) is 0.881. The number of nitrogens with zero attached hydrogens (tertiary/aromatic N) is 1. The Morgan fingerprint density at radius 1 is 1.41 bits per heavy atom. The average Bonchev–Trinajstić information content (AvgIpc) is 3.05. The summed E-state index contributed by atoms with van der Waals surface area (Å²) in [6.45, 7) is 1.83. The summed E-state index contributed by atoms with van der Waals surface area (Å²) in [6, 6.07) is 8.65. The third-order valence-corrected chi connectivity index (χ3v) is 4.51. The highest BCUT2D eigenvalue weighted by atomic mass is 32.1. The summed E-state index contributed by atoms with van der Waals surface area (Å²) in [5.41, 5.74) is 1.50. The average molecular weight is 316 g/mol. The molecule has 3 rings (SSSR count). The number of hydrogen-bond donors (Lipinski definition) is 1. The largest absolute Gasteiger partial charge is 0.497 e. The number of methoxy groups -OCH3 is 1. The Bertz CT molecular complexity index is 712. The molecule has 0 saturated carbocycles. The first-order chi connectivity index (χ1) is 10.6. The molecule has 2 aromatic rings. The molecule has 0 radical (unpaired) electrons. The van der Waals surface area contributed by atoms with Crippen molar-refractivity contribution in [1.82, 2.24) is 0 Å². The third kappa shape index (κ3) is 2.57. The van der Waals surface area contributed by atoms with E-state index in [1.807, 2.05) is 17.5 Å². The number of amides is 1. The minimum atomic E-state index is -0.379. The minimum absolute atomic E-state index is 0.0463. The van der Waals surface area contributed by atoms with E-state index in [1.54, 1.807) is 32.2 Å². The maximum absolute atomic E-state index is 12.4. The van der Waals surface area contributed by atoms with E-state index in [1.165, 1.54) is 16.2 Å². The molecule has 1 aliphatic heterocycles. The van der Waals surface area contributed by atoms with Crippen LogP contribution >= 0.6 is 11.3 Å². The fourth-order valence-electron chi connectivity index (χ4n) is 2.46. The van der Waals surface area contributed by atoms with Crippen LogP contribution in [0, 0.1) is 0 Å². The molecule has 1 amide bonds. The molecular formula is C16H16N2O3S. The monoisotopic (exact) mass is 316 g/mol. The van der Waals surface area contributed by atoms with Gasteiger partial charge in [-0.1, -0.05) is 6.07 Å². The number of anilines is 2. The van der Waals surface area contributed by atoms with Gasteiger partial charge in [-0.05, 0) is 30.5 Å². The van der Waals surface area contributed by atoms with Crippen LogP contribution < -0.4 is 15.0 Å². The van der Waals surface area contributed by atoms with E-state index in [-0.39, 0.29) is 24.3 Å². The molecule has 1 unspecified atom stereocenters. The molecule has 5 nitrogen and oxygen atoms in total. The molecule has 0 saturated heterocycles. The van der Waals surface area contributed by atoms with Crippen molar-refractivity contribution in [3.63, 3.8) is 0 Å². The highest BCUT2D eigenvalue weighted by Crippen LogP contribution is 2.34. The zero-order valence-corrected chi connectivity index (χ0v) is 13.1. The highest BCUT2D eigenvalue weighted by Gasteiger charge is 2.31. The first-order valence-electron chi connectivity index (χ1n) is 6.93. The lowest BCUT2D eigenvalue weighted by Gasteiger charge is -2.33. The fraction of sp³-hybridized carbons (Fsp3) is 0.250. The zero-order chi connectivity index (χ0) is 15.7. The molecule has 1 aromatic carbocycles. The number of carbonyl (C=O) groups excluding carboxylic acids is 2. The van der Waals surface area contributed by atoms with Crippen LogP contribution in [0.3, 0.4) is 0 Å². The van der Waals surface area contributed by atoms with Gasteiger partial charge < -0.3 is 15.0 Å². The van der Waals surface area contributed by atoms with Crippen molar-refractivity contribution in [3.05, 3.63) is 40.6 Å². The van der Waals surface area contributed by atoms with E-state index < -0.39 is 0 Å². The standard InChI is InChI=1S/C16H16N2O3S/c1-10-16(20)18(9-14(19)15-4-3-7-22-15)13-6-5-11(21-2)8-12(13)17-10/h3-8,10,17H,9H2,1-2H3. The molecule has 0 bridgehead atoms. The van der Waals surface area contributed by atoms with E-state index in [4.69, 9.17) is 4.74 Å². The van der Waals surface area contributed by atoms with Crippen LogP contribution in [0.2, 0.25) is 0 Å². The minimum Gasteiger partial charge on any atom is -0.497 e. The normalized spacial score (nSPS) is 16.9. The summed E-state index contributed by atoms with van der Waals surface area (Å²) >= 11 is 1.39. The molecule has 1 aromatic heterocycles. The second kappa shape index (κ2) is 5.81. The van der Waals surface area contributed by atoms with Gasteiger partial charge in [0, 0.05) is 6.07 Å². The number of hydrogen-bond acceptors (Lipinski definition) is 5. The summed E-state index contributed by atoms with van der Waals surface area (Å²) in [5.74, 6) is 0.541. The number of thiophene rings is 1. The van der Waals surface area contributed by atoms with Crippen molar-refractivity contribution >= 4 is 34.4 Å². The SMILES string of the molecule is COc1ccc2c(c1)NC(C)C(=O)N2CC(=O)c1cccs1. The number of ketones is 1. The van der Waals surface area contributed by atoms with Crippen LogP contribution in [0.15, 0.2) is 35.7 Å². The number of carbonyl (C=O) groups is 2. The molecular weight excluding hydrogens is 300 g/mol. The van der Waals surface area contributed by atoms with Crippen molar-refractivity contribution < 1.29 is 14.3 Å². The molecule has 2 heterocycles. The van der Waals surface area contributed by atoms with Crippen LogP contribution in [0.1, 0.15) is 16.6 Å². The Kier molecular flexibility index (Phi) is 3.85. The van der Waals surface area contributed by atoms with Gasteiger partial charge in [-0.2, -0.15) is 0 Å². The summed E-state index contributed by atoms with van der Waals surface area (Å²) in [7, 11) is 1.59. The lowest BCUT2D eigenvalue weighted by molar-refractivity contribution is -0.119. The Morgan fingerprint density at radius 3 is 2.91 bits per heavy atom. The van der Waals surface area contributed by atoms with Crippen LogP contribution in [-0.4, -0.2) is 31.4 Å². The van der Waals surface area contributed by atoms with Crippen LogP contribution in [0.4, 0.5) is 11.4 Å². The number of Topliss-reactive ketones (excluding diaryl/α,β-unsaturated/α-hetero) is 1. The molecule has 1 aliphatic rings. The Labute approximate surface area is 132 Å². The van der Waals surface area contributed by atoms with Crippen molar-refractivity contribution in [2.75, 3.05) is 23.9 Å². The summed E-state index contributed by atoms with van der Waals surface area (Å²) in [6.07, 6.45) is 0. The number of fused-ring (bicyclic) bond motifs is 1. The van der Waals surface area contributed by atoms with Crippen molar-refractivity contribution in [3.8, 4) is 5.75 Å². The summed E-state index contributed by atoms with van der Waals surface area (Å²) in [5, 5.41) is 5.00. The van der Waals surface area contributed by atoms with Gasteiger partial charge in [-0.3, -0.25) is 9.59 Å². The number of rotatable bonds is 4. The molecule has 0 aliphatic carbocycles. The molecule has 0 fully saturated rings. The predicted molar refractivity (Wildman–Crippen MR) is 87.1 cm³/mol. The summed E-state index contributed by atoms with van der Waals surface area (Å²) in [4.78, 5) is 27.0. The van der Waals surface area contributed by atoms with E-state index >= 15 is 0 Å². The second-order valence-electron chi connectivity index (χ2n) is 5.07. The number of ether oxygens (including phenoxy) is 1. The second-order valence-corrected chi connectivity index (χ2v) is 6.02. The molecule has 1 atom stereocenters. The van der Waals surface area contributed by atoms with Crippen LogP contribution in [-0.2, 0) is 4.79 Å². The number of nitrogens with one attached hydrogen (secondary N) is 1. The van der Waals surface area contributed by atoms with Gasteiger partial charge in [0.2, 0.25) is 5.91 Å².